The second kappa shape index (κ2) is 10.2. The van der Waals surface area contributed by atoms with E-state index in [4.69, 9.17) is 14.2 Å². The first-order chi connectivity index (χ1) is 16.5. The smallest absolute Gasteiger partial charge is 0.295 e. The van der Waals surface area contributed by atoms with Crippen molar-refractivity contribution in [3.63, 3.8) is 0 Å². The quantitative estimate of drug-likeness (QED) is 0.417. The molecule has 2 heterocycles. The highest BCUT2D eigenvalue weighted by atomic mass is 16.5. The number of fused-ring (bicyclic) bond motifs is 2. The molecule has 2 aromatic rings. The summed E-state index contributed by atoms with van der Waals surface area (Å²) in [5.41, 5.74) is 1.37. The standard InChI is InChI=1S/C26H30N2O6/c1-32-21-14-18(15-22(33-2)24(21)34-3)23(29)26(31)28-19-11-12-20(28)25(30)27(16-19)13-7-10-17-8-5-4-6-9-17/h4-6,8-9,14-15,19-20H,7,10-13,16H2,1-3H3. The molecule has 180 valence electrons. The van der Waals surface area contributed by atoms with Crippen molar-refractivity contribution in [1.29, 1.82) is 0 Å². The van der Waals surface area contributed by atoms with Crippen molar-refractivity contribution in [3.05, 3.63) is 53.6 Å². The topological polar surface area (TPSA) is 85.4 Å². The zero-order chi connectivity index (χ0) is 24.2. The first kappa shape index (κ1) is 23.6. The molecule has 2 aliphatic rings. The average molecular weight is 467 g/mol. The Kier molecular flexibility index (Phi) is 7.05. The lowest BCUT2D eigenvalue weighted by atomic mass is 10.0. The Morgan fingerprint density at radius 1 is 0.971 bits per heavy atom. The van der Waals surface area contributed by atoms with Gasteiger partial charge in [0.1, 0.15) is 6.04 Å². The van der Waals surface area contributed by atoms with E-state index < -0.39 is 17.7 Å². The molecular formula is C26H30N2O6. The van der Waals surface area contributed by atoms with Crippen molar-refractivity contribution in [1.82, 2.24) is 9.80 Å². The van der Waals surface area contributed by atoms with E-state index in [1.165, 1.54) is 43.9 Å². The van der Waals surface area contributed by atoms with Crippen LogP contribution < -0.4 is 14.2 Å². The molecule has 0 spiro atoms. The van der Waals surface area contributed by atoms with E-state index in [9.17, 15) is 14.4 Å². The van der Waals surface area contributed by atoms with Gasteiger partial charge in [-0.2, -0.15) is 0 Å². The number of carbonyl (C=O) groups is 3. The highest BCUT2D eigenvalue weighted by molar-refractivity contribution is 6.43. The molecule has 2 atom stereocenters. The number of ketones is 1. The number of amides is 2. The Labute approximate surface area is 199 Å². The minimum Gasteiger partial charge on any atom is -0.493 e. The Morgan fingerprint density at radius 3 is 2.26 bits per heavy atom. The maximum atomic E-state index is 13.3. The van der Waals surface area contributed by atoms with Crippen LogP contribution in [0.15, 0.2) is 42.5 Å². The Balaban J connectivity index is 1.46. The zero-order valence-corrected chi connectivity index (χ0v) is 19.8. The minimum atomic E-state index is -0.693. The highest BCUT2D eigenvalue weighted by Crippen LogP contribution is 2.39. The molecule has 0 radical (unpaired) electrons. The van der Waals surface area contributed by atoms with Crippen LogP contribution in [0.1, 0.15) is 35.2 Å². The molecule has 8 heteroatoms. The van der Waals surface area contributed by atoms with E-state index in [0.29, 0.717) is 43.2 Å². The lowest BCUT2D eigenvalue weighted by molar-refractivity contribution is -0.149. The molecule has 8 nitrogen and oxygen atoms in total. The summed E-state index contributed by atoms with van der Waals surface area (Å²) in [7, 11) is 4.36. The van der Waals surface area contributed by atoms with E-state index in [1.54, 1.807) is 0 Å². The molecule has 2 aromatic carbocycles. The Bertz CT molecular complexity index is 1050. The Morgan fingerprint density at radius 2 is 1.65 bits per heavy atom. The summed E-state index contributed by atoms with van der Waals surface area (Å²) >= 11 is 0. The lowest BCUT2D eigenvalue weighted by Gasteiger charge is -2.40. The van der Waals surface area contributed by atoms with Gasteiger partial charge in [-0.3, -0.25) is 14.4 Å². The molecule has 0 N–H and O–H groups in total. The van der Waals surface area contributed by atoms with Gasteiger partial charge in [-0.25, -0.2) is 0 Å². The number of hydrogen-bond donors (Lipinski definition) is 0. The normalized spacial score (nSPS) is 19.2. The number of ether oxygens (including phenoxy) is 3. The van der Waals surface area contributed by atoms with Gasteiger partial charge in [-0.05, 0) is 43.4 Å². The number of benzene rings is 2. The van der Waals surface area contributed by atoms with Crippen molar-refractivity contribution in [2.24, 2.45) is 0 Å². The third-order valence-corrected chi connectivity index (χ3v) is 6.62. The first-order valence-electron chi connectivity index (χ1n) is 11.5. The fourth-order valence-corrected chi connectivity index (χ4v) is 4.94. The molecule has 2 fully saturated rings. The summed E-state index contributed by atoms with van der Waals surface area (Å²) in [4.78, 5) is 42.9. The van der Waals surface area contributed by atoms with Gasteiger partial charge in [-0.15, -0.1) is 0 Å². The second-order valence-corrected chi connectivity index (χ2v) is 8.58. The molecule has 2 amide bonds. The maximum absolute atomic E-state index is 13.3. The Hall–Kier alpha value is -3.55. The highest BCUT2D eigenvalue weighted by Gasteiger charge is 2.49. The van der Waals surface area contributed by atoms with Crippen LogP contribution >= 0.6 is 0 Å². The second-order valence-electron chi connectivity index (χ2n) is 8.58. The monoisotopic (exact) mass is 466 g/mol. The van der Waals surface area contributed by atoms with Gasteiger partial charge >= 0.3 is 0 Å². The van der Waals surface area contributed by atoms with Crippen molar-refractivity contribution >= 4 is 17.6 Å². The van der Waals surface area contributed by atoms with E-state index >= 15 is 0 Å². The molecule has 2 bridgehead atoms. The summed E-state index contributed by atoms with van der Waals surface area (Å²) in [6.45, 7) is 1.10. The van der Waals surface area contributed by atoms with Gasteiger partial charge < -0.3 is 24.0 Å². The molecule has 2 unspecified atom stereocenters. The number of aryl methyl sites for hydroxylation is 1. The number of likely N-dealkylation sites (tertiary alicyclic amines) is 1. The van der Waals surface area contributed by atoms with E-state index in [2.05, 4.69) is 12.1 Å². The fraction of sp³-hybridized carbons (Fsp3) is 0.423. The van der Waals surface area contributed by atoms with Crippen LogP contribution in [0.4, 0.5) is 0 Å². The number of nitrogens with zero attached hydrogens (tertiary/aromatic N) is 2. The van der Waals surface area contributed by atoms with E-state index in [-0.39, 0.29) is 17.5 Å². The van der Waals surface area contributed by atoms with Gasteiger partial charge in [0.15, 0.2) is 11.5 Å². The molecule has 34 heavy (non-hydrogen) atoms. The molecule has 2 saturated heterocycles. The third kappa shape index (κ3) is 4.44. The molecule has 0 aromatic heterocycles. The lowest BCUT2D eigenvalue weighted by Crippen LogP contribution is -2.60. The van der Waals surface area contributed by atoms with Crippen LogP contribution in [0.25, 0.3) is 0 Å². The van der Waals surface area contributed by atoms with Crippen molar-refractivity contribution in [2.75, 3.05) is 34.4 Å². The summed E-state index contributed by atoms with van der Waals surface area (Å²) in [5, 5.41) is 0. The molecular weight excluding hydrogens is 436 g/mol. The van der Waals surface area contributed by atoms with Gasteiger partial charge in [0.25, 0.3) is 11.7 Å². The number of carbonyl (C=O) groups excluding carboxylic acids is 3. The van der Waals surface area contributed by atoms with Gasteiger partial charge in [0.2, 0.25) is 11.7 Å². The van der Waals surface area contributed by atoms with Gasteiger partial charge in [0.05, 0.1) is 27.4 Å². The van der Waals surface area contributed by atoms with E-state index in [1.807, 2.05) is 23.1 Å². The number of piperazine rings is 1. The van der Waals surface area contributed by atoms with Gasteiger partial charge in [0, 0.05) is 18.7 Å². The molecule has 4 rings (SSSR count). The SMILES string of the molecule is COc1cc(C(=O)C(=O)N2C3CCC2C(=O)N(CCCc2ccccc2)C3)cc(OC)c1OC. The van der Waals surface area contributed by atoms with Crippen LogP contribution in [-0.2, 0) is 16.0 Å². The molecule has 2 aliphatic heterocycles. The first-order valence-corrected chi connectivity index (χ1v) is 11.5. The largest absolute Gasteiger partial charge is 0.493 e. The predicted molar refractivity (Wildman–Crippen MR) is 125 cm³/mol. The number of hydrogen-bond acceptors (Lipinski definition) is 6. The van der Waals surface area contributed by atoms with Crippen LogP contribution in [0.2, 0.25) is 0 Å². The van der Waals surface area contributed by atoms with Crippen molar-refractivity contribution in [2.45, 2.75) is 37.8 Å². The third-order valence-electron chi connectivity index (χ3n) is 6.62. The predicted octanol–water partition coefficient (Wildman–Crippen LogP) is 2.73. The van der Waals surface area contributed by atoms with Crippen LogP contribution in [0.3, 0.4) is 0 Å². The zero-order valence-electron chi connectivity index (χ0n) is 19.8. The number of Topliss-reactive ketones (excluding diaryl/α,β-unsaturated/α-hetero) is 1. The van der Waals surface area contributed by atoms with Crippen molar-refractivity contribution in [3.8, 4) is 17.2 Å². The number of methoxy groups -OCH3 is 3. The summed E-state index contributed by atoms with van der Waals surface area (Å²) < 4.78 is 15.9. The fourth-order valence-electron chi connectivity index (χ4n) is 4.94. The van der Waals surface area contributed by atoms with Crippen molar-refractivity contribution < 1.29 is 28.6 Å². The van der Waals surface area contributed by atoms with E-state index in [0.717, 1.165) is 12.8 Å². The summed E-state index contributed by atoms with van der Waals surface area (Å²) in [6.07, 6.45) is 3.03. The average Bonchev–Trinajstić information content (AvgIpc) is 3.22. The number of rotatable bonds is 9. The molecule has 0 aliphatic carbocycles. The van der Waals surface area contributed by atoms with Crippen LogP contribution in [0, 0.1) is 0 Å². The summed E-state index contributed by atoms with van der Waals surface area (Å²) in [5.74, 6) is -0.512. The summed E-state index contributed by atoms with van der Waals surface area (Å²) in [6, 6.07) is 12.4. The minimum absolute atomic E-state index is 0.0761. The maximum Gasteiger partial charge on any atom is 0.295 e. The van der Waals surface area contributed by atoms with Crippen LogP contribution in [0.5, 0.6) is 17.2 Å². The van der Waals surface area contributed by atoms with Gasteiger partial charge in [-0.1, -0.05) is 30.3 Å². The van der Waals surface area contributed by atoms with Crippen LogP contribution in [-0.4, -0.2) is 73.9 Å². The molecule has 0 saturated carbocycles.